The van der Waals surface area contributed by atoms with Crippen molar-refractivity contribution in [2.45, 2.75) is 10.9 Å². The molecule has 0 atom stereocenters. The molecule has 0 heterocycles. The minimum atomic E-state index is -0.153. The van der Waals surface area contributed by atoms with Gasteiger partial charge in [0.25, 0.3) is 5.91 Å². The van der Waals surface area contributed by atoms with Crippen LogP contribution >= 0.6 is 11.8 Å². The number of benzene rings is 3. The number of nitrogens with one attached hydrogen (secondary N) is 1. The van der Waals surface area contributed by atoms with Crippen molar-refractivity contribution in [3.05, 3.63) is 83.4 Å². The number of hydrogen-bond donors (Lipinski definition) is 1. The third-order valence-corrected chi connectivity index (χ3v) is 5.49. The molecule has 0 unspecified atom stereocenters. The Morgan fingerprint density at radius 2 is 1.58 bits per heavy atom. The number of fused-ring (bicyclic) bond motifs is 3. The molecule has 3 aromatic carbocycles. The van der Waals surface area contributed by atoms with E-state index in [-0.39, 0.29) is 11.9 Å². The van der Waals surface area contributed by atoms with Gasteiger partial charge in [-0.3, -0.25) is 4.79 Å². The molecule has 3 nitrogen and oxygen atoms in total. The highest BCUT2D eigenvalue weighted by Gasteiger charge is 2.30. The van der Waals surface area contributed by atoms with Crippen molar-refractivity contribution >= 4 is 17.7 Å². The summed E-state index contributed by atoms with van der Waals surface area (Å²) < 4.78 is 5.44. The molecule has 0 fully saturated rings. The normalized spacial score (nSPS) is 12.4. The fraction of sp³-hybridized carbons (Fsp3) is 0.136. The van der Waals surface area contributed by atoms with Crippen LogP contribution in [0.25, 0.3) is 11.1 Å². The molecular weight excluding hydrogens is 342 g/mol. The molecule has 4 heteroatoms. The number of carbonyl (C=O) groups excluding carboxylic acids is 1. The first-order valence-electron chi connectivity index (χ1n) is 8.44. The Kier molecular flexibility index (Phi) is 4.43. The summed E-state index contributed by atoms with van der Waals surface area (Å²) in [6.07, 6.45) is 2.00. The van der Waals surface area contributed by atoms with E-state index < -0.39 is 0 Å². The summed E-state index contributed by atoms with van der Waals surface area (Å²) in [5.74, 6) is 0.458. The predicted octanol–water partition coefficient (Wildman–Crippen LogP) is 4.92. The molecule has 1 aliphatic rings. The van der Waals surface area contributed by atoms with Crippen molar-refractivity contribution in [3.8, 4) is 16.9 Å². The van der Waals surface area contributed by atoms with Gasteiger partial charge in [-0.05, 0) is 46.7 Å². The zero-order valence-electron chi connectivity index (χ0n) is 14.7. The van der Waals surface area contributed by atoms with E-state index in [0.29, 0.717) is 11.3 Å². The Bertz CT molecular complexity index is 938. The lowest BCUT2D eigenvalue weighted by atomic mass is 10.0. The summed E-state index contributed by atoms with van der Waals surface area (Å²) >= 11 is 1.62. The Hall–Kier alpha value is -2.72. The Morgan fingerprint density at radius 1 is 0.962 bits per heavy atom. The van der Waals surface area contributed by atoms with E-state index in [9.17, 15) is 4.79 Å². The maximum absolute atomic E-state index is 13.0. The predicted molar refractivity (Wildman–Crippen MR) is 106 cm³/mol. The van der Waals surface area contributed by atoms with Crippen LogP contribution in [0.2, 0.25) is 0 Å². The summed E-state index contributed by atoms with van der Waals surface area (Å²) in [5, 5.41) is 3.19. The molecule has 130 valence electrons. The van der Waals surface area contributed by atoms with Gasteiger partial charge in [0.05, 0.1) is 18.7 Å². The highest BCUT2D eigenvalue weighted by molar-refractivity contribution is 7.98. The van der Waals surface area contributed by atoms with Crippen LogP contribution in [0, 0.1) is 0 Å². The third-order valence-electron chi connectivity index (χ3n) is 4.76. The molecule has 4 rings (SSSR count). The van der Waals surface area contributed by atoms with Gasteiger partial charge in [0, 0.05) is 4.90 Å². The van der Waals surface area contributed by atoms with Gasteiger partial charge in [-0.2, -0.15) is 0 Å². The largest absolute Gasteiger partial charge is 0.496 e. The number of thioether (sulfide) groups is 1. The van der Waals surface area contributed by atoms with Gasteiger partial charge in [-0.15, -0.1) is 11.8 Å². The second-order valence-corrected chi connectivity index (χ2v) is 7.03. The number of amides is 1. The number of hydrogen-bond acceptors (Lipinski definition) is 3. The van der Waals surface area contributed by atoms with Crippen molar-refractivity contribution in [2.75, 3.05) is 13.4 Å². The molecule has 26 heavy (non-hydrogen) atoms. The third kappa shape index (κ3) is 2.76. The van der Waals surface area contributed by atoms with Crippen LogP contribution in [0.5, 0.6) is 5.75 Å². The monoisotopic (exact) mass is 361 g/mol. The lowest BCUT2D eigenvalue weighted by Crippen LogP contribution is -2.28. The maximum Gasteiger partial charge on any atom is 0.255 e. The quantitative estimate of drug-likeness (QED) is 0.671. The molecule has 1 amide bonds. The summed E-state index contributed by atoms with van der Waals surface area (Å²) in [6, 6.07) is 22.0. The van der Waals surface area contributed by atoms with Crippen molar-refractivity contribution in [1.82, 2.24) is 5.32 Å². The maximum atomic E-state index is 13.0. The Morgan fingerprint density at radius 3 is 2.15 bits per heavy atom. The first kappa shape index (κ1) is 16.7. The van der Waals surface area contributed by atoms with Gasteiger partial charge in [0.1, 0.15) is 5.75 Å². The van der Waals surface area contributed by atoms with Gasteiger partial charge in [0.2, 0.25) is 0 Å². The van der Waals surface area contributed by atoms with Crippen LogP contribution in [0.15, 0.2) is 71.6 Å². The van der Waals surface area contributed by atoms with Gasteiger partial charge in [0.15, 0.2) is 0 Å². The fourth-order valence-electron chi connectivity index (χ4n) is 3.51. The van der Waals surface area contributed by atoms with Crippen LogP contribution in [0.1, 0.15) is 27.5 Å². The van der Waals surface area contributed by atoms with E-state index in [4.69, 9.17) is 4.74 Å². The van der Waals surface area contributed by atoms with Gasteiger partial charge in [-0.25, -0.2) is 0 Å². The topological polar surface area (TPSA) is 38.3 Å². The van der Waals surface area contributed by atoms with Gasteiger partial charge in [-0.1, -0.05) is 48.5 Å². The van der Waals surface area contributed by atoms with Crippen molar-refractivity contribution in [1.29, 1.82) is 0 Å². The molecule has 0 aromatic heterocycles. The molecule has 1 N–H and O–H groups in total. The van der Waals surface area contributed by atoms with E-state index in [0.717, 1.165) is 16.0 Å². The van der Waals surface area contributed by atoms with Crippen molar-refractivity contribution < 1.29 is 9.53 Å². The molecule has 1 aliphatic carbocycles. The number of ether oxygens (including phenoxy) is 1. The minimum absolute atomic E-state index is 0.133. The van der Waals surface area contributed by atoms with Crippen LogP contribution in [0.3, 0.4) is 0 Å². The van der Waals surface area contributed by atoms with Crippen LogP contribution in [-0.4, -0.2) is 19.3 Å². The zero-order chi connectivity index (χ0) is 18.1. The number of methoxy groups -OCH3 is 1. The average Bonchev–Trinajstić information content (AvgIpc) is 3.01. The van der Waals surface area contributed by atoms with Gasteiger partial charge >= 0.3 is 0 Å². The van der Waals surface area contributed by atoms with Crippen molar-refractivity contribution in [3.63, 3.8) is 0 Å². The van der Waals surface area contributed by atoms with E-state index in [1.54, 1.807) is 18.9 Å². The zero-order valence-corrected chi connectivity index (χ0v) is 15.5. The first-order valence-corrected chi connectivity index (χ1v) is 9.66. The van der Waals surface area contributed by atoms with E-state index in [1.807, 2.05) is 48.7 Å². The van der Waals surface area contributed by atoms with Crippen molar-refractivity contribution in [2.24, 2.45) is 0 Å². The summed E-state index contributed by atoms with van der Waals surface area (Å²) in [7, 11) is 1.59. The van der Waals surface area contributed by atoms with Crippen LogP contribution in [-0.2, 0) is 0 Å². The van der Waals surface area contributed by atoms with Crippen LogP contribution in [0.4, 0.5) is 0 Å². The number of rotatable bonds is 4. The number of carbonyl (C=O) groups is 1. The molecule has 0 saturated carbocycles. The summed E-state index contributed by atoms with van der Waals surface area (Å²) in [5.41, 5.74) is 5.16. The Balaban J connectivity index is 1.71. The Labute approximate surface area is 157 Å². The summed E-state index contributed by atoms with van der Waals surface area (Å²) in [4.78, 5) is 14.1. The second-order valence-electron chi connectivity index (χ2n) is 6.15. The average molecular weight is 361 g/mol. The standard InChI is InChI=1S/C22H19NO2S/c1-25-20-13-14(26-2)11-12-19(20)22(24)23-21-17-9-5-3-7-15(17)16-8-4-6-10-18(16)21/h3-13,21H,1-2H3,(H,23,24). The molecule has 0 radical (unpaired) electrons. The van der Waals surface area contributed by atoms with Gasteiger partial charge < -0.3 is 10.1 Å². The molecular formula is C22H19NO2S. The van der Waals surface area contributed by atoms with E-state index >= 15 is 0 Å². The molecule has 0 saturated heterocycles. The molecule has 0 bridgehead atoms. The smallest absolute Gasteiger partial charge is 0.255 e. The summed E-state index contributed by atoms with van der Waals surface area (Å²) in [6.45, 7) is 0. The SMILES string of the molecule is COc1cc(SC)ccc1C(=O)NC1c2ccccc2-c2ccccc21. The lowest BCUT2D eigenvalue weighted by Gasteiger charge is -2.17. The first-order chi connectivity index (χ1) is 12.7. The highest BCUT2D eigenvalue weighted by atomic mass is 32.2. The second kappa shape index (κ2) is 6.89. The molecule has 0 aliphatic heterocycles. The minimum Gasteiger partial charge on any atom is -0.496 e. The van der Waals surface area contributed by atoms with Crippen LogP contribution < -0.4 is 10.1 Å². The molecule has 0 spiro atoms. The van der Waals surface area contributed by atoms with E-state index in [1.165, 1.54) is 11.1 Å². The molecule has 3 aromatic rings. The highest BCUT2D eigenvalue weighted by Crippen LogP contribution is 2.43. The fourth-order valence-corrected chi connectivity index (χ4v) is 3.94. The van der Waals surface area contributed by atoms with E-state index in [2.05, 4.69) is 29.6 Å². The lowest BCUT2D eigenvalue weighted by molar-refractivity contribution is 0.0940.